The summed E-state index contributed by atoms with van der Waals surface area (Å²) in [5.41, 5.74) is 2.47. The molecule has 140 valence electrons. The molecule has 5 nitrogen and oxygen atoms in total. The van der Waals surface area contributed by atoms with E-state index in [0.29, 0.717) is 0 Å². The molecule has 1 aliphatic rings. The summed E-state index contributed by atoms with van der Waals surface area (Å²) < 4.78 is 11.1. The van der Waals surface area contributed by atoms with Crippen LogP contribution >= 0.6 is 0 Å². The van der Waals surface area contributed by atoms with E-state index in [9.17, 15) is 0 Å². The monoisotopic (exact) mass is 347 g/mol. The van der Waals surface area contributed by atoms with Gasteiger partial charge in [0.05, 0.1) is 7.11 Å². The van der Waals surface area contributed by atoms with Crippen molar-refractivity contribution in [2.75, 3.05) is 40.0 Å². The first kappa shape index (κ1) is 19.6. The zero-order valence-electron chi connectivity index (χ0n) is 15.9. The van der Waals surface area contributed by atoms with Gasteiger partial charge in [-0.25, -0.2) is 0 Å². The summed E-state index contributed by atoms with van der Waals surface area (Å²) >= 11 is 0. The molecule has 1 aliphatic carbocycles. The molecule has 1 saturated carbocycles. The van der Waals surface area contributed by atoms with Gasteiger partial charge in [-0.1, -0.05) is 17.7 Å². The lowest BCUT2D eigenvalue weighted by Gasteiger charge is -2.13. The van der Waals surface area contributed by atoms with Crippen molar-refractivity contribution in [1.82, 2.24) is 10.6 Å². The maximum absolute atomic E-state index is 5.65. The van der Waals surface area contributed by atoms with Crippen molar-refractivity contribution in [2.24, 2.45) is 10.9 Å². The zero-order chi connectivity index (χ0) is 17.9. The van der Waals surface area contributed by atoms with Gasteiger partial charge in [0.2, 0.25) is 0 Å². The van der Waals surface area contributed by atoms with Crippen LogP contribution in [0, 0.1) is 12.8 Å². The summed E-state index contributed by atoms with van der Waals surface area (Å²) in [6.45, 7) is 8.39. The maximum Gasteiger partial charge on any atom is 0.191 e. The number of ether oxygens (including phenoxy) is 2. The summed E-state index contributed by atoms with van der Waals surface area (Å²) in [6.07, 6.45) is 4.56. The van der Waals surface area contributed by atoms with Crippen LogP contribution in [-0.2, 0) is 11.2 Å². The van der Waals surface area contributed by atoms with Gasteiger partial charge in [-0.05, 0) is 57.1 Å². The van der Waals surface area contributed by atoms with Crippen molar-refractivity contribution in [3.63, 3.8) is 0 Å². The molecule has 0 saturated heterocycles. The van der Waals surface area contributed by atoms with E-state index < -0.39 is 0 Å². The standard InChI is InChI=1S/C20H33N3O2/c1-4-21-20(22-11-5-13-25-15-17-7-8-17)23-12-10-18-14-16(2)6-9-19(18)24-3/h6,9,14,17H,4-5,7-8,10-13,15H2,1-3H3,(H2,21,22,23). The topological polar surface area (TPSA) is 54.9 Å². The third-order valence-electron chi connectivity index (χ3n) is 4.23. The molecule has 1 aromatic rings. The molecular formula is C20H33N3O2. The Hall–Kier alpha value is -1.75. The van der Waals surface area contributed by atoms with E-state index in [1.807, 2.05) is 6.07 Å². The third kappa shape index (κ3) is 7.78. The summed E-state index contributed by atoms with van der Waals surface area (Å²) in [5, 5.41) is 6.70. The Morgan fingerprint density at radius 2 is 2.12 bits per heavy atom. The Morgan fingerprint density at radius 3 is 2.84 bits per heavy atom. The quantitative estimate of drug-likeness (QED) is 0.367. The largest absolute Gasteiger partial charge is 0.496 e. The first-order chi connectivity index (χ1) is 12.2. The van der Waals surface area contributed by atoms with Crippen molar-refractivity contribution in [3.8, 4) is 5.75 Å². The molecule has 1 aromatic carbocycles. The van der Waals surface area contributed by atoms with Crippen molar-refractivity contribution >= 4 is 5.96 Å². The van der Waals surface area contributed by atoms with Crippen LogP contribution in [0.25, 0.3) is 0 Å². The van der Waals surface area contributed by atoms with Gasteiger partial charge in [-0.2, -0.15) is 0 Å². The number of nitrogens with one attached hydrogen (secondary N) is 2. The minimum Gasteiger partial charge on any atom is -0.496 e. The maximum atomic E-state index is 5.65. The Labute approximate surface area is 152 Å². The molecule has 0 aromatic heterocycles. The molecule has 0 amide bonds. The lowest BCUT2D eigenvalue weighted by atomic mass is 10.1. The smallest absolute Gasteiger partial charge is 0.191 e. The summed E-state index contributed by atoms with van der Waals surface area (Å²) in [5.74, 6) is 2.65. The molecule has 0 heterocycles. The van der Waals surface area contributed by atoms with E-state index in [2.05, 4.69) is 41.6 Å². The number of hydrogen-bond donors (Lipinski definition) is 2. The molecule has 0 bridgehead atoms. The molecule has 25 heavy (non-hydrogen) atoms. The van der Waals surface area contributed by atoms with Crippen LogP contribution in [-0.4, -0.2) is 45.9 Å². The second-order valence-electron chi connectivity index (χ2n) is 6.62. The van der Waals surface area contributed by atoms with E-state index >= 15 is 0 Å². The highest BCUT2D eigenvalue weighted by atomic mass is 16.5. The molecule has 1 fully saturated rings. The van der Waals surface area contributed by atoms with E-state index in [1.165, 1.54) is 24.0 Å². The molecular weight excluding hydrogens is 314 g/mol. The summed E-state index contributed by atoms with van der Waals surface area (Å²) in [4.78, 5) is 4.62. The number of guanidine groups is 1. The molecule has 0 radical (unpaired) electrons. The highest BCUT2D eigenvalue weighted by Crippen LogP contribution is 2.28. The van der Waals surface area contributed by atoms with Gasteiger partial charge >= 0.3 is 0 Å². The van der Waals surface area contributed by atoms with Crippen LogP contribution in [0.4, 0.5) is 0 Å². The molecule has 2 rings (SSSR count). The molecule has 0 atom stereocenters. The van der Waals surface area contributed by atoms with Crippen LogP contribution < -0.4 is 15.4 Å². The predicted molar refractivity (Wildman–Crippen MR) is 104 cm³/mol. The number of methoxy groups -OCH3 is 1. The van der Waals surface area contributed by atoms with Crippen LogP contribution in [0.15, 0.2) is 23.2 Å². The minimum absolute atomic E-state index is 0.785. The average Bonchev–Trinajstić information content (AvgIpc) is 3.42. The highest BCUT2D eigenvalue weighted by Gasteiger charge is 2.20. The SMILES string of the molecule is CCNC(=NCCCOCC1CC1)NCCc1cc(C)ccc1OC. The minimum atomic E-state index is 0.785. The van der Waals surface area contributed by atoms with Gasteiger partial charge in [0.25, 0.3) is 0 Å². The van der Waals surface area contributed by atoms with Crippen LogP contribution in [0.5, 0.6) is 5.75 Å². The van der Waals surface area contributed by atoms with Gasteiger partial charge < -0.3 is 20.1 Å². The van der Waals surface area contributed by atoms with Crippen molar-refractivity contribution < 1.29 is 9.47 Å². The average molecular weight is 348 g/mol. The van der Waals surface area contributed by atoms with Crippen LogP contribution in [0.3, 0.4) is 0 Å². The fraction of sp³-hybridized carbons (Fsp3) is 0.650. The first-order valence-corrected chi connectivity index (χ1v) is 9.46. The fourth-order valence-corrected chi connectivity index (χ4v) is 2.65. The zero-order valence-corrected chi connectivity index (χ0v) is 15.9. The van der Waals surface area contributed by atoms with Gasteiger partial charge in [-0.15, -0.1) is 0 Å². The lowest BCUT2D eigenvalue weighted by Crippen LogP contribution is -2.38. The van der Waals surface area contributed by atoms with E-state index in [4.69, 9.17) is 9.47 Å². The highest BCUT2D eigenvalue weighted by molar-refractivity contribution is 5.79. The lowest BCUT2D eigenvalue weighted by molar-refractivity contribution is 0.123. The van der Waals surface area contributed by atoms with Crippen molar-refractivity contribution in [3.05, 3.63) is 29.3 Å². The van der Waals surface area contributed by atoms with Crippen LogP contribution in [0.1, 0.15) is 37.3 Å². The molecule has 2 N–H and O–H groups in total. The Balaban J connectivity index is 1.70. The van der Waals surface area contributed by atoms with Gasteiger partial charge in [-0.3, -0.25) is 4.99 Å². The Bertz CT molecular complexity index is 542. The second kappa shape index (κ2) is 11.0. The fourth-order valence-electron chi connectivity index (χ4n) is 2.65. The predicted octanol–water partition coefficient (Wildman–Crippen LogP) is 2.92. The number of aryl methyl sites for hydroxylation is 1. The third-order valence-corrected chi connectivity index (χ3v) is 4.23. The Kier molecular flexibility index (Phi) is 8.60. The molecule has 0 unspecified atom stereocenters. The normalized spacial score (nSPS) is 14.4. The first-order valence-electron chi connectivity index (χ1n) is 9.46. The van der Waals surface area contributed by atoms with Crippen LogP contribution in [0.2, 0.25) is 0 Å². The molecule has 0 aliphatic heterocycles. The number of aliphatic imine (C=N–C) groups is 1. The van der Waals surface area contributed by atoms with E-state index in [1.54, 1.807) is 7.11 Å². The molecule has 5 heteroatoms. The molecule has 0 spiro atoms. The van der Waals surface area contributed by atoms with Crippen molar-refractivity contribution in [2.45, 2.75) is 39.5 Å². The summed E-state index contributed by atoms with van der Waals surface area (Å²) in [7, 11) is 1.72. The van der Waals surface area contributed by atoms with Crippen molar-refractivity contribution in [1.29, 1.82) is 0 Å². The number of rotatable bonds is 11. The number of nitrogens with zero attached hydrogens (tertiary/aromatic N) is 1. The number of hydrogen-bond acceptors (Lipinski definition) is 3. The van der Waals surface area contributed by atoms with E-state index in [-0.39, 0.29) is 0 Å². The van der Waals surface area contributed by atoms with E-state index in [0.717, 1.165) is 63.3 Å². The Morgan fingerprint density at radius 1 is 1.28 bits per heavy atom. The van der Waals surface area contributed by atoms with Gasteiger partial charge in [0.15, 0.2) is 5.96 Å². The second-order valence-corrected chi connectivity index (χ2v) is 6.62. The van der Waals surface area contributed by atoms with Gasteiger partial charge in [0.1, 0.15) is 5.75 Å². The van der Waals surface area contributed by atoms with Gasteiger partial charge in [0, 0.05) is 32.8 Å². The number of benzene rings is 1. The summed E-state index contributed by atoms with van der Waals surface area (Å²) in [6, 6.07) is 6.29.